The molecule has 1 aromatic carbocycles. The number of rotatable bonds is 5. The highest BCUT2D eigenvalue weighted by molar-refractivity contribution is 6.32. The lowest BCUT2D eigenvalue weighted by molar-refractivity contribution is 0.0904. The van der Waals surface area contributed by atoms with Crippen molar-refractivity contribution in [2.24, 2.45) is 0 Å². The molecule has 1 aliphatic rings. The number of hydrogen-bond acceptors (Lipinski definition) is 6. The van der Waals surface area contributed by atoms with Gasteiger partial charge in [-0.2, -0.15) is 10.4 Å². The first kappa shape index (κ1) is 20.1. The molecule has 9 heteroatoms. The van der Waals surface area contributed by atoms with Crippen LogP contribution in [-0.4, -0.2) is 39.9 Å². The van der Waals surface area contributed by atoms with E-state index in [-0.39, 0.29) is 22.5 Å². The lowest BCUT2D eigenvalue weighted by Gasteiger charge is -2.25. The van der Waals surface area contributed by atoms with Crippen molar-refractivity contribution < 1.29 is 9.53 Å². The Morgan fingerprint density at radius 2 is 2.17 bits per heavy atom. The normalized spacial score (nSPS) is 14.4. The van der Waals surface area contributed by atoms with Gasteiger partial charge < -0.3 is 15.4 Å². The maximum absolute atomic E-state index is 13.2. The zero-order valence-electron chi connectivity index (χ0n) is 16.5. The highest BCUT2D eigenvalue weighted by Crippen LogP contribution is 2.30. The molecule has 1 amide bonds. The largest absolute Gasteiger partial charge is 0.381 e. The van der Waals surface area contributed by atoms with Gasteiger partial charge in [-0.15, -0.1) is 0 Å². The van der Waals surface area contributed by atoms with E-state index in [9.17, 15) is 10.1 Å². The summed E-state index contributed by atoms with van der Waals surface area (Å²) in [5, 5.41) is 21.2. The van der Waals surface area contributed by atoms with E-state index < -0.39 is 0 Å². The molecule has 2 aromatic heterocycles. The summed E-state index contributed by atoms with van der Waals surface area (Å²) in [5.41, 5.74) is 2.36. The van der Waals surface area contributed by atoms with Crippen LogP contribution >= 0.6 is 11.6 Å². The Morgan fingerprint density at radius 1 is 1.37 bits per heavy atom. The number of benzene rings is 1. The molecular formula is C21H21ClN6O2. The molecule has 0 unspecified atom stereocenters. The number of halogens is 1. The van der Waals surface area contributed by atoms with Crippen LogP contribution < -0.4 is 10.6 Å². The Balaban J connectivity index is 1.74. The van der Waals surface area contributed by atoms with Gasteiger partial charge in [-0.3, -0.25) is 4.79 Å². The van der Waals surface area contributed by atoms with E-state index in [4.69, 9.17) is 16.3 Å². The lowest BCUT2D eigenvalue weighted by atomic mass is 10.1. The fourth-order valence-electron chi connectivity index (χ4n) is 3.56. The van der Waals surface area contributed by atoms with Crippen LogP contribution in [-0.2, 0) is 11.3 Å². The molecule has 0 atom stereocenters. The molecule has 8 nitrogen and oxygen atoms in total. The minimum absolute atomic E-state index is 0.182. The number of amides is 1. The van der Waals surface area contributed by atoms with E-state index in [1.165, 1.54) is 0 Å². The molecule has 30 heavy (non-hydrogen) atoms. The molecule has 0 spiro atoms. The number of pyridine rings is 1. The van der Waals surface area contributed by atoms with E-state index in [0.29, 0.717) is 42.3 Å². The van der Waals surface area contributed by atoms with Crippen molar-refractivity contribution in [1.82, 2.24) is 14.8 Å². The van der Waals surface area contributed by atoms with Crippen molar-refractivity contribution in [1.29, 1.82) is 5.26 Å². The Hall–Kier alpha value is -3.15. The highest BCUT2D eigenvalue weighted by atomic mass is 35.5. The van der Waals surface area contributed by atoms with E-state index in [1.807, 2.05) is 13.0 Å². The first-order valence-electron chi connectivity index (χ1n) is 9.81. The molecule has 1 fully saturated rings. The van der Waals surface area contributed by atoms with E-state index in [1.54, 1.807) is 35.3 Å². The second-order valence-corrected chi connectivity index (χ2v) is 7.41. The van der Waals surface area contributed by atoms with Gasteiger partial charge in [0, 0.05) is 32.0 Å². The van der Waals surface area contributed by atoms with E-state index in [2.05, 4.69) is 20.7 Å². The number of fused-ring (bicyclic) bond motifs is 1. The van der Waals surface area contributed by atoms with Crippen LogP contribution in [0, 0.1) is 11.3 Å². The van der Waals surface area contributed by atoms with Gasteiger partial charge in [-0.25, -0.2) is 9.67 Å². The van der Waals surface area contributed by atoms with Crippen molar-refractivity contribution in [2.45, 2.75) is 32.4 Å². The molecule has 0 bridgehead atoms. The van der Waals surface area contributed by atoms with Crippen molar-refractivity contribution in [3.8, 4) is 6.07 Å². The minimum Gasteiger partial charge on any atom is -0.381 e. The highest BCUT2D eigenvalue weighted by Gasteiger charge is 2.23. The molecule has 0 radical (unpaired) electrons. The number of carbonyl (C=O) groups is 1. The van der Waals surface area contributed by atoms with Crippen molar-refractivity contribution in [3.05, 3.63) is 46.7 Å². The molecular weight excluding hydrogens is 404 g/mol. The molecule has 1 saturated heterocycles. The standard InChI is InChI=1S/C21H21ClN6O2/c1-2-28-20-15(12-25-28)19(26-13-6-8-30-9-7-13)16(11-24-20)21(29)27-18-5-3-4-17(22)14(18)10-23/h3-5,11-13H,2,6-9H2,1H3,(H,24,26)(H,27,29). The number of nitriles is 1. The maximum Gasteiger partial charge on any atom is 0.259 e. The van der Waals surface area contributed by atoms with Gasteiger partial charge in [0.25, 0.3) is 5.91 Å². The summed E-state index contributed by atoms with van der Waals surface area (Å²) in [6, 6.07) is 7.17. The van der Waals surface area contributed by atoms with Gasteiger partial charge in [-0.1, -0.05) is 17.7 Å². The Morgan fingerprint density at radius 3 is 2.90 bits per heavy atom. The number of aromatic nitrogens is 3. The molecule has 0 aliphatic carbocycles. The summed E-state index contributed by atoms with van der Waals surface area (Å²) in [7, 11) is 0. The summed E-state index contributed by atoms with van der Waals surface area (Å²) >= 11 is 6.09. The third-order valence-corrected chi connectivity index (χ3v) is 5.47. The number of aryl methyl sites for hydroxylation is 1. The Labute approximate surface area is 178 Å². The second-order valence-electron chi connectivity index (χ2n) is 7.00. The number of carbonyl (C=O) groups excluding carboxylic acids is 1. The summed E-state index contributed by atoms with van der Waals surface area (Å²) in [6.45, 7) is 4.01. The topological polar surface area (TPSA) is 105 Å². The smallest absolute Gasteiger partial charge is 0.259 e. The SMILES string of the molecule is CCn1ncc2c(NC3CCOCC3)c(C(=O)Nc3cccc(Cl)c3C#N)cnc21. The van der Waals surface area contributed by atoms with Crippen LogP contribution in [0.2, 0.25) is 5.02 Å². The molecule has 154 valence electrons. The van der Waals surface area contributed by atoms with Gasteiger partial charge in [0.05, 0.1) is 39.1 Å². The predicted molar refractivity (Wildman–Crippen MR) is 115 cm³/mol. The molecule has 4 rings (SSSR count). The maximum atomic E-state index is 13.2. The molecule has 3 heterocycles. The van der Waals surface area contributed by atoms with Crippen LogP contribution in [0.5, 0.6) is 0 Å². The van der Waals surface area contributed by atoms with Gasteiger partial charge >= 0.3 is 0 Å². The number of nitrogens with one attached hydrogen (secondary N) is 2. The third kappa shape index (κ3) is 3.82. The van der Waals surface area contributed by atoms with Crippen LogP contribution in [0.15, 0.2) is 30.6 Å². The van der Waals surface area contributed by atoms with E-state index in [0.717, 1.165) is 18.2 Å². The summed E-state index contributed by atoms with van der Waals surface area (Å²) in [6.07, 6.45) is 4.97. The van der Waals surface area contributed by atoms with Crippen molar-refractivity contribution in [2.75, 3.05) is 23.8 Å². The van der Waals surface area contributed by atoms with Crippen LogP contribution in [0.4, 0.5) is 11.4 Å². The fourth-order valence-corrected chi connectivity index (χ4v) is 3.78. The van der Waals surface area contributed by atoms with Gasteiger partial charge in [-0.05, 0) is 31.9 Å². The predicted octanol–water partition coefficient (Wildman–Crippen LogP) is 3.82. The van der Waals surface area contributed by atoms with Crippen LogP contribution in [0.3, 0.4) is 0 Å². The Bertz CT molecular complexity index is 1130. The molecule has 2 N–H and O–H groups in total. The number of hydrogen-bond donors (Lipinski definition) is 2. The minimum atomic E-state index is -0.373. The zero-order valence-corrected chi connectivity index (χ0v) is 17.2. The average Bonchev–Trinajstić information content (AvgIpc) is 3.18. The van der Waals surface area contributed by atoms with Gasteiger partial charge in [0.2, 0.25) is 0 Å². The number of anilines is 2. The van der Waals surface area contributed by atoms with Crippen molar-refractivity contribution >= 4 is 39.9 Å². The van der Waals surface area contributed by atoms with Crippen molar-refractivity contribution in [3.63, 3.8) is 0 Å². The van der Waals surface area contributed by atoms with Gasteiger partial charge in [0.15, 0.2) is 5.65 Å². The molecule has 1 aliphatic heterocycles. The quantitative estimate of drug-likeness (QED) is 0.645. The summed E-state index contributed by atoms with van der Waals surface area (Å²) in [4.78, 5) is 17.7. The third-order valence-electron chi connectivity index (χ3n) is 5.15. The fraction of sp³-hybridized carbons (Fsp3) is 0.333. The van der Waals surface area contributed by atoms with Crippen LogP contribution in [0.25, 0.3) is 11.0 Å². The first-order valence-corrected chi connectivity index (χ1v) is 10.2. The van der Waals surface area contributed by atoms with Crippen LogP contribution in [0.1, 0.15) is 35.7 Å². The molecule has 0 saturated carbocycles. The summed E-state index contributed by atoms with van der Waals surface area (Å²) < 4.78 is 7.24. The van der Waals surface area contributed by atoms with Gasteiger partial charge in [0.1, 0.15) is 6.07 Å². The number of nitrogens with zero attached hydrogens (tertiary/aromatic N) is 4. The van der Waals surface area contributed by atoms with E-state index >= 15 is 0 Å². The Kier molecular flexibility index (Phi) is 5.84. The second kappa shape index (κ2) is 8.69. The monoisotopic (exact) mass is 424 g/mol. The number of ether oxygens (including phenoxy) is 1. The molecule has 3 aromatic rings. The lowest BCUT2D eigenvalue weighted by Crippen LogP contribution is -2.29. The average molecular weight is 425 g/mol. The summed E-state index contributed by atoms with van der Waals surface area (Å²) in [5.74, 6) is -0.373. The first-order chi connectivity index (χ1) is 14.6. The zero-order chi connectivity index (χ0) is 21.1.